The van der Waals surface area contributed by atoms with Gasteiger partial charge in [0.2, 0.25) is 5.88 Å². The number of halogens is 2. The molecule has 0 radical (unpaired) electrons. The number of nitrogens with zero attached hydrogens (tertiary/aromatic N) is 1. The molecule has 0 bridgehead atoms. The molecule has 1 aromatic carbocycles. The van der Waals surface area contributed by atoms with Crippen LogP contribution in [0.5, 0.6) is 5.88 Å². The normalized spacial score (nSPS) is 10.5. The van der Waals surface area contributed by atoms with E-state index in [4.69, 9.17) is 0 Å². The molecule has 0 saturated carbocycles. The Morgan fingerprint density at radius 1 is 1.35 bits per heavy atom. The number of aromatic nitrogens is 2. The van der Waals surface area contributed by atoms with Crippen LogP contribution in [0.1, 0.15) is 11.4 Å². The molecule has 0 amide bonds. The summed E-state index contributed by atoms with van der Waals surface area (Å²) in [5, 5.41) is 9.46. The minimum Gasteiger partial charge on any atom is -0.492 e. The first-order valence-corrected chi connectivity index (χ1v) is 6.65. The molecule has 6 heteroatoms. The maximum Gasteiger partial charge on any atom is 0.268 e. The monoisotopic (exact) mass is 406 g/mol. The van der Waals surface area contributed by atoms with Gasteiger partial charge in [0.1, 0.15) is 9.39 Å². The summed E-state index contributed by atoms with van der Waals surface area (Å²) in [5.74, 6) is 0.233. The molecule has 88 valence electrons. The van der Waals surface area contributed by atoms with E-state index in [1.54, 1.807) is 22.6 Å². The van der Waals surface area contributed by atoms with Crippen molar-refractivity contribution in [3.8, 4) is 5.88 Å². The van der Waals surface area contributed by atoms with E-state index in [2.05, 4.69) is 25.9 Å². The number of hydrogen-bond acceptors (Lipinski definition) is 3. The minimum atomic E-state index is -0.315. The predicted octanol–water partition coefficient (Wildman–Crippen LogP) is 2.43. The topological polar surface area (TPSA) is 66.0 Å². The van der Waals surface area contributed by atoms with Crippen LogP contribution < -0.4 is 5.56 Å². The Morgan fingerprint density at radius 3 is 2.59 bits per heavy atom. The first kappa shape index (κ1) is 12.6. The maximum atomic E-state index is 11.4. The predicted molar refractivity (Wildman–Crippen MR) is 76.2 cm³/mol. The molecule has 0 aliphatic rings. The third kappa shape index (κ3) is 3.06. The van der Waals surface area contributed by atoms with E-state index in [-0.39, 0.29) is 15.0 Å². The highest BCUT2D eigenvalue weighted by atomic mass is 127. The Hall–Kier alpha value is -0.890. The second-order valence-corrected chi connectivity index (χ2v) is 5.45. The fourth-order valence-corrected chi connectivity index (χ4v) is 1.89. The number of nitrogens with one attached hydrogen (secondary N) is 1. The first-order chi connectivity index (χ1) is 8.06. The van der Waals surface area contributed by atoms with Crippen molar-refractivity contribution in [1.29, 1.82) is 0 Å². The Labute approximate surface area is 119 Å². The molecule has 2 aromatic rings. The van der Waals surface area contributed by atoms with Gasteiger partial charge in [-0.2, -0.15) is 4.98 Å². The summed E-state index contributed by atoms with van der Waals surface area (Å²) in [4.78, 5) is 18.0. The molecule has 0 spiro atoms. The van der Waals surface area contributed by atoms with Gasteiger partial charge in [-0.3, -0.25) is 4.79 Å². The van der Waals surface area contributed by atoms with Crippen LogP contribution in [0.4, 0.5) is 0 Å². The van der Waals surface area contributed by atoms with Gasteiger partial charge in [-0.15, -0.1) is 0 Å². The number of aromatic hydroxyl groups is 1. The fourth-order valence-electron chi connectivity index (χ4n) is 1.37. The summed E-state index contributed by atoms with van der Waals surface area (Å²) in [6.07, 6.45) is 0.479. The Kier molecular flexibility index (Phi) is 3.82. The van der Waals surface area contributed by atoms with Gasteiger partial charge in [0.25, 0.3) is 5.56 Å². The van der Waals surface area contributed by atoms with Gasteiger partial charge in [0.05, 0.1) is 0 Å². The van der Waals surface area contributed by atoms with Crippen LogP contribution in [0, 0.1) is 3.57 Å². The maximum absolute atomic E-state index is 11.4. The second kappa shape index (κ2) is 5.18. The highest BCUT2D eigenvalue weighted by molar-refractivity contribution is 14.1. The van der Waals surface area contributed by atoms with Gasteiger partial charge < -0.3 is 10.1 Å². The lowest BCUT2D eigenvalue weighted by Gasteiger charge is -2.03. The zero-order valence-electron chi connectivity index (χ0n) is 8.58. The van der Waals surface area contributed by atoms with Gasteiger partial charge >= 0.3 is 0 Å². The number of aromatic amines is 1. The van der Waals surface area contributed by atoms with Crippen molar-refractivity contribution in [2.75, 3.05) is 0 Å². The zero-order valence-corrected chi connectivity index (χ0v) is 12.3. The van der Waals surface area contributed by atoms with Crippen molar-refractivity contribution in [3.63, 3.8) is 0 Å². The standard InChI is InChI=1S/C11H8BrIN2O2/c12-7-3-1-6(2-4-7)5-8-14-10(16)9(13)11(17)15-8/h1-4H,5H2,(H2,14,15,16,17). The van der Waals surface area contributed by atoms with Crippen LogP contribution in [0.3, 0.4) is 0 Å². The number of benzene rings is 1. The smallest absolute Gasteiger partial charge is 0.268 e. The number of H-pyrrole nitrogens is 1. The average molecular weight is 407 g/mol. The Bertz CT molecular complexity index is 595. The third-order valence-corrected chi connectivity index (χ3v) is 3.68. The Balaban J connectivity index is 2.30. The van der Waals surface area contributed by atoms with Gasteiger partial charge in [0.15, 0.2) is 0 Å². The molecule has 4 nitrogen and oxygen atoms in total. The molecule has 2 rings (SSSR count). The van der Waals surface area contributed by atoms with Gasteiger partial charge in [-0.25, -0.2) is 0 Å². The van der Waals surface area contributed by atoms with E-state index in [1.165, 1.54) is 0 Å². The van der Waals surface area contributed by atoms with E-state index >= 15 is 0 Å². The van der Waals surface area contributed by atoms with Crippen molar-refractivity contribution in [2.45, 2.75) is 6.42 Å². The van der Waals surface area contributed by atoms with Crippen molar-refractivity contribution in [1.82, 2.24) is 9.97 Å². The summed E-state index contributed by atoms with van der Waals surface area (Å²) in [6, 6.07) is 7.69. The van der Waals surface area contributed by atoms with Crippen LogP contribution in [-0.2, 0) is 6.42 Å². The molecular weight excluding hydrogens is 399 g/mol. The molecule has 17 heavy (non-hydrogen) atoms. The van der Waals surface area contributed by atoms with Crippen LogP contribution in [0.25, 0.3) is 0 Å². The molecule has 0 aliphatic heterocycles. The van der Waals surface area contributed by atoms with Gasteiger partial charge in [-0.1, -0.05) is 28.1 Å². The summed E-state index contributed by atoms with van der Waals surface area (Å²) in [6.45, 7) is 0. The third-order valence-electron chi connectivity index (χ3n) is 2.18. The molecule has 0 aliphatic carbocycles. The van der Waals surface area contributed by atoms with Crippen LogP contribution in [0.2, 0.25) is 0 Å². The zero-order chi connectivity index (χ0) is 12.4. The molecule has 0 fully saturated rings. The molecular formula is C11H8BrIN2O2. The average Bonchev–Trinajstić information content (AvgIpc) is 2.29. The largest absolute Gasteiger partial charge is 0.492 e. The van der Waals surface area contributed by atoms with Crippen LogP contribution in [-0.4, -0.2) is 15.1 Å². The molecule has 1 heterocycles. The van der Waals surface area contributed by atoms with Gasteiger partial charge in [-0.05, 0) is 40.3 Å². The minimum absolute atomic E-state index is 0.210. The lowest BCUT2D eigenvalue weighted by atomic mass is 10.1. The van der Waals surface area contributed by atoms with Crippen molar-refractivity contribution in [2.24, 2.45) is 0 Å². The van der Waals surface area contributed by atoms with E-state index in [0.717, 1.165) is 10.0 Å². The quantitative estimate of drug-likeness (QED) is 0.753. The lowest BCUT2D eigenvalue weighted by molar-refractivity contribution is 0.443. The summed E-state index contributed by atoms with van der Waals surface area (Å²) in [5.41, 5.74) is 0.696. The first-order valence-electron chi connectivity index (χ1n) is 4.78. The highest BCUT2D eigenvalue weighted by Gasteiger charge is 2.07. The summed E-state index contributed by atoms with van der Waals surface area (Å²) >= 11 is 5.11. The van der Waals surface area contributed by atoms with Crippen molar-refractivity contribution < 1.29 is 5.11 Å². The van der Waals surface area contributed by atoms with Gasteiger partial charge in [0, 0.05) is 10.9 Å². The summed E-state index contributed by atoms with van der Waals surface area (Å²) < 4.78 is 1.20. The summed E-state index contributed by atoms with van der Waals surface area (Å²) in [7, 11) is 0. The van der Waals surface area contributed by atoms with Crippen molar-refractivity contribution >= 4 is 38.5 Å². The van der Waals surface area contributed by atoms with Crippen LogP contribution in [0.15, 0.2) is 33.5 Å². The van der Waals surface area contributed by atoms with E-state index in [0.29, 0.717) is 12.2 Å². The van der Waals surface area contributed by atoms with Crippen molar-refractivity contribution in [3.05, 3.63) is 54.1 Å². The molecule has 0 atom stereocenters. The van der Waals surface area contributed by atoms with E-state index in [1.807, 2.05) is 24.3 Å². The highest BCUT2D eigenvalue weighted by Crippen LogP contribution is 2.14. The SMILES string of the molecule is O=c1[nH]c(Cc2ccc(Br)cc2)nc(O)c1I. The Morgan fingerprint density at radius 2 is 2.00 bits per heavy atom. The second-order valence-electron chi connectivity index (χ2n) is 3.45. The van der Waals surface area contributed by atoms with E-state index < -0.39 is 0 Å². The molecule has 0 unspecified atom stereocenters. The van der Waals surface area contributed by atoms with E-state index in [9.17, 15) is 9.90 Å². The lowest BCUT2D eigenvalue weighted by Crippen LogP contribution is -2.14. The number of hydrogen-bond donors (Lipinski definition) is 2. The molecule has 1 aromatic heterocycles. The molecule has 0 saturated heterocycles. The molecule has 2 N–H and O–H groups in total. The number of rotatable bonds is 2. The fraction of sp³-hybridized carbons (Fsp3) is 0.0909. The van der Waals surface area contributed by atoms with Crippen LogP contribution >= 0.6 is 38.5 Å².